The zero-order valence-electron chi connectivity index (χ0n) is 22.3. The van der Waals surface area contributed by atoms with Crippen LogP contribution in [0.15, 0.2) is 72.3 Å². The summed E-state index contributed by atoms with van der Waals surface area (Å²) in [5.74, 6) is -2.16. The molecule has 1 unspecified atom stereocenters. The summed E-state index contributed by atoms with van der Waals surface area (Å²) in [7, 11) is 0.204. The first-order valence-electron chi connectivity index (χ1n) is 13.6. The molecular weight excluding hydrogens is 535 g/mol. The van der Waals surface area contributed by atoms with Gasteiger partial charge in [-0.15, -0.1) is 0 Å². The van der Waals surface area contributed by atoms with Crippen molar-refractivity contribution in [3.05, 3.63) is 89.4 Å². The Balaban J connectivity index is 1.26. The van der Waals surface area contributed by atoms with Gasteiger partial charge < -0.3 is 9.80 Å². The van der Waals surface area contributed by atoms with Crippen molar-refractivity contribution in [2.75, 3.05) is 0 Å². The number of fused-ring (bicyclic) bond motifs is 2. The Morgan fingerprint density at radius 1 is 0.905 bits per heavy atom. The van der Waals surface area contributed by atoms with Crippen molar-refractivity contribution in [3.63, 3.8) is 0 Å². The van der Waals surface area contributed by atoms with E-state index in [0.29, 0.717) is 17.6 Å². The summed E-state index contributed by atoms with van der Waals surface area (Å²) < 4.78 is 1.74. The highest BCUT2D eigenvalue weighted by molar-refractivity contribution is 6.55. The van der Waals surface area contributed by atoms with Crippen LogP contribution in [0, 0.1) is 0 Å². The Hall–Kier alpha value is -5.39. The molecule has 12 heteroatoms. The molecule has 4 amide bonds. The lowest BCUT2D eigenvalue weighted by Gasteiger charge is -2.27. The fourth-order valence-electron chi connectivity index (χ4n) is 6.07. The molecule has 1 fully saturated rings. The first-order valence-corrected chi connectivity index (χ1v) is 13.6. The first-order chi connectivity index (χ1) is 20.4. The third-order valence-electron chi connectivity index (χ3n) is 8.08. The minimum absolute atomic E-state index is 0.0569. The highest BCUT2D eigenvalue weighted by Gasteiger charge is 2.45. The first kappa shape index (κ1) is 25.6. The predicted molar refractivity (Wildman–Crippen MR) is 153 cm³/mol. The SMILES string of the molecule is O=C1CCC(N2C(=O)c3cccc(Bn4cc(-c5ccc6c(c5)CC/C6=N\O)c(-c5ccncc5)n4)c3C2=O)C(=O)N1. The van der Waals surface area contributed by atoms with E-state index in [1.807, 2.05) is 30.5 Å². The average molecular weight is 558 g/mol. The van der Waals surface area contributed by atoms with Crippen molar-refractivity contribution >= 4 is 42.2 Å². The third-order valence-corrected chi connectivity index (χ3v) is 8.08. The molecule has 0 spiro atoms. The Morgan fingerprint density at radius 3 is 2.52 bits per heavy atom. The van der Waals surface area contributed by atoms with Crippen molar-refractivity contribution in [2.24, 2.45) is 5.16 Å². The molecule has 206 valence electrons. The van der Waals surface area contributed by atoms with Gasteiger partial charge in [0.1, 0.15) is 6.04 Å². The number of amides is 4. The van der Waals surface area contributed by atoms with Crippen LogP contribution >= 0.6 is 0 Å². The molecule has 11 nitrogen and oxygen atoms in total. The maximum atomic E-state index is 13.6. The lowest BCUT2D eigenvalue weighted by Crippen LogP contribution is -2.54. The number of carbonyl (C=O) groups is 4. The molecule has 2 N–H and O–H groups in total. The van der Waals surface area contributed by atoms with Crippen molar-refractivity contribution in [1.29, 1.82) is 0 Å². The van der Waals surface area contributed by atoms with Crippen LogP contribution in [0.4, 0.5) is 0 Å². The van der Waals surface area contributed by atoms with Gasteiger partial charge in [0.2, 0.25) is 11.8 Å². The molecule has 0 saturated carbocycles. The van der Waals surface area contributed by atoms with Crippen molar-refractivity contribution in [3.8, 4) is 22.4 Å². The summed E-state index contributed by atoms with van der Waals surface area (Å²) in [5.41, 5.74) is 7.16. The number of oxime groups is 1. The maximum Gasteiger partial charge on any atom is 0.299 e. The van der Waals surface area contributed by atoms with Crippen LogP contribution < -0.4 is 10.8 Å². The number of nitrogens with one attached hydrogen (secondary N) is 1. The van der Waals surface area contributed by atoms with Crippen molar-refractivity contribution in [1.82, 2.24) is 24.9 Å². The van der Waals surface area contributed by atoms with Crippen LogP contribution in [0.2, 0.25) is 0 Å². The van der Waals surface area contributed by atoms with Gasteiger partial charge in [0.15, 0.2) is 0 Å². The van der Waals surface area contributed by atoms with Crippen LogP contribution in [0.5, 0.6) is 0 Å². The normalized spacial score (nSPS) is 18.8. The number of rotatable bonds is 5. The summed E-state index contributed by atoms with van der Waals surface area (Å²) in [6, 6.07) is 13.8. The standard InChI is InChI=1S/C30H23BN6O5/c38-25-9-8-24(28(39)33-25)37-29(40)20-2-1-3-22(26(20)30(37)41)31-36-15-21(27(34-36)16-10-12-32-13-11-16)18-4-6-19-17(14-18)5-7-23(19)35-42/h1-4,6,10-15,24,31,42H,5,7-9H2,(H,33,38,39)/b35-23+. The van der Waals surface area contributed by atoms with E-state index < -0.39 is 29.7 Å². The van der Waals surface area contributed by atoms with Crippen LogP contribution in [-0.4, -0.2) is 67.6 Å². The number of carbonyl (C=O) groups excluding carboxylic acids is 4. The lowest BCUT2D eigenvalue weighted by molar-refractivity contribution is -0.136. The molecule has 0 radical (unpaired) electrons. The monoisotopic (exact) mass is 558 g/mol. The number of piperidine rings is 1. The average Bonchev–Trinajstić information content (AvgIpc) is 3.68. The van der Waals surface area contributed by atoms with Gasteiger partial charge in [-0.1, -0.05) is 35.5 Å². The molecular formula is C30H23BN6O5. The molecule has 1 aliphatic carbocycles. The van der Waals surface area contributed by atoms with Gasteiger partial charge in [0, 0.05) is 47.3 Å². The molecule has 1 atom stereocenters. The zero-order valence-corrected chi connectivity index (χ0v) is 22.3. The van der Waals surface area contributed by atoms with Crippen molar-refractivity contribution < 1.29 is 24.4 Å². The van der Waals surface area contributed by atoms with Gasteiger partial charge in [-0.25, -0.2) is 0 Å². The van der Waals surface area contributed by atoms with E-state index in [9.17, 15) is 24.4 Å². The molecule has 2 aromatic heterocycles. The van der Waals surface area contributed by atoms with E-state index >= 15 is 0 Å². The highest BCUT2D eigenvalue weighted by Crippen LogP contribution is 2.34. The van der Waals surface area contributed by atoms with E-state index in [1.54, 1.807) is 35.2 Å². The highest BCUT2D eigenvalue weighted by atomic mass is 16.4. The van der Waals surface area contributed by atoms with Crippen LogP contribution in [0.25, 0.3) is 22.4 Å². The molecule has 4 aromatic rings. The number of aromatic nitrogens is 3. The molecule has 2 aromatic carbocycles. The number of hydrogen-bond acceptors (Lipinski definition) is 8. The van der Waals surface area contributed by atoms with Gasteiger partial charge in [0.25, 0.3) is 19.2 Å². The lowest BCUT2D eigenvalue weighted by atomic mass is 9.78. The second kappa shape index (κ2) is 9.91. The van der Waals surface area contributed by atoms with Crippen LogP contribution in [0.3, 0.4) is 0 Å². The van der Waals surface area contributed by atoms with Gasteiger partial charge in [-0.3, -0.25) is 34.4 Å². The van der Waals surface area contributed by atoms with Gasteiger partial charge in [-0.05, 0) is 54.1 Å². The number of aryl methyl sites for hydroxylation is 1. The Morgan fingerprint density at radius 2 is 1.74 bits per heavy atom. The fraction of sp³-hybridized carbons (Fsp3) is 0.167. The predicted octanol–water partition coefficient (Wildman–Crippen LogP) is 1.66. The summed E-state index contributed by atoms with van der Waals surface area (Å²) in [4.78, 5) is 56.1. The van der Waals surface area contributed by atoms with E-state index in [1.165, 1.54) is 0 Å². The van der Waals surface area contributed by atoms with Gasteiger partial charge >= 0.3 is 0 Å². The second-order valence-electron chi connectivity index (χ2n) is 10.5. The molecule has 0 bridgehead atoms. The Bertz CT molecular complexity index is 1850. The second-order valence-corrected chi connectivity index (χ2v) is 10.5. The molecule has 7 rings (SSSR count). The molecule has 42 heavy (non-hydrogen) atoms. The van der Waals surface area contributed by atoms with E-state index in [-0.39, 0.29) is 31.4 Å². The van der Waals surface area contributed by atoms with E-state index in [2.05, 4.69) is 21.5 Å². The topological polar surface area (TPSA) is 147 Å². The third kappa shape index (κ3) is 4.10. The summed E-state index contributed by atoms with van der Waals surface area (Å²) in [5, 5.41) is 19.9. The fourth-order valence-corrected chi connectivity index (χ4v) is 6.07. The van der Waals surface area contributed by atoms with Crippen molar-refractivity contribution in [2.45, 2.75) is 31.7 Å². The van der Waals surface area contributed by atoms with Gasteiger partial charge in [0.05, 0.1) is 17.0 Å². The Labute approximate surface area is 240 Å². The summed E-state index contributed by atoms with van der Waals surface area (Å²) >= 11 is 0. The quantitative estimate of drug-likeness (QED) is 0.164. The molecule has 4 heterocycles. The number of nitrogens with zero attached hydrogens (tertiary/aromatic N) is 5. The minimum Gasteiger partial charge on any atom is -0.411 e. The maximum absolute atomic E-state index is 13.6. The zero-order chi connectivity index (χ0) is 29.0. The van der Waals surface area contributed by atoms with Crippen LogP contribution in [-0.2, 0) is 16.0 Å². The largest absolute Gasteiger partial charge is 0.411 e. The number of hydrogen-bond donors (Lipinski definition) is 2. The smallest absolute Gasteiger partial charge is 0.299 e. The molecule has 1 saturated heterocycles. The van der Waals surface area contributed by atoms with Crippen LogP contribution in [0.1, 0.15) is 51.1 Å². The summed E-state index contributed by atoms with van der Waals surface area (Å²) in [6.07, 6.45) is 6.90. The summed E-state index contributed by atoms with van der Waals surface area (Å²) in [6.45, 7) is 0. The number of benzene rings is 2. The number of pyridine rings is 1. The number of imide groups is 2. The Kier molecular flexibility index (Phi) is 6.04. The van der Waals surface area contributed by atoms with E-state index in [0.717, 1.165) is 44.8 Å². The van der Waals surface area contributed by atoms with Gasteiger partial charge in [-0.2, -0.15) is 5.10 Å². The minimum atomic E-state index is -1.03. The van der Waals surface area contributed by atoms with E-state index in [4.69, 9.17) is 5.10 Å². The molecule has 2 aliphatic heterocycles. The molecule has 3 aliphatic rings.